The van der Waals surface area contributed by atoms with Crippen LogP contribution in [0.1, 0.15) is 19.4 Å². The Hall–Kier alpha value is -1.02. The lowest BCUT2D eigenvalue weighted by Gasteiger charge is -2.00. The molecule has 0 radical (unpaired) electrons. The molecule has 0 saturated heterocycles. The molecule has 2 nitrogen and oxygen atoms in total. The van der Waals surface area contributed by atoms with Crippen molar-refractivity contribution in [1.29, 1.82) is 0 Å². The zero-order chi connectivity index (χ0) is 9.68. The number of halogens is 1. The van der Waals surface area contributed by atoms with Crippen LogP contribution < -0.4 is 0 Å². The van der Waals surface area contributed by atoms with E-state index in [0.29, 0.717) is 5.02 Å². The second-order valence-electron chi connectivity index (χ2n) is 2.91. The minimum Gasteiger partial charge on any atom is -0.393 e. The predicted molar refractivity (Wildman–Crippen MR) is 55.3 cm³/mol. The van der Waals surface area contributed by atoms with Gasteiger partial charge in [-0.15, -0.1) is 0 Å². The summed E-state index contributed by atoms with van der Waals surface area (Å²) in [6.45, 7) is 3.84. The first kappa shape index (κ1) is 10.1. The standard InChI is InChI=1S/C10H12ClNO/c1-8(2)13-12-7-9-5-3-4-6-10(9)11/h3-8H,1-2H3. The molecule has 0 aromatic heterocycles. The van der Waals surface area contributed by atoms with Gasteiger partial charge in [0.15, 0.2) is 0 Å². The largest absolute Gasteiger partial charge is 0.393 e. The van der Waals surface area contributed by atoms with Gasteiger partial charge in [0.1, 0.15) is 6.10 Å². The minimum absolute atomic E-state index is 0.0961. The number of rotatable bonds is 3. The maximum atomic E-state index is 5.89. The highest BCUT2D eigenvalue weighted by Gasteiger charge is 1.94. The molecule has 0 atom stereocenters. The molecule has 13 heavy (non-hydrogen) atoms. The number of hydrogen-bond acceptors (Lipinski definition) is 2. The van der Waals surface area contributed by atoms with Crippen LogP contribution >= 0.6 is 11.6 Å². The summed E-state index contributed by atoms with van der Waals surface area (Å²) in [5, 5.41) is 4.47. The molecule has 1 aromatic rings. The molecule has 0 aliphatic heterocycles. The Labute approximate surface area is 83.2 Å². The van der Waals surface area contributed by atoms with Gasteiger partial charge in [0, 0.05) is 10.6 Å². The SMILES string of the molecule is CC(C)ON=Cc1ccccc1Cl. The summed E-state index contributed by atoms with van der Waals surface area (Å²) >= 11 is 5.89. The third kappa shape index (κ3) is 3.47. The summed E-state index contributed by atoms with van der Waals surface area (Å²) in [6, 6.07) is 7.49. The van der Waals surface area contributed by atoms with E-state index in [1.165, 1.54) is 0 Å². The first-order valence-corrected chi connectivity index (χ1v) is 4.51. The van der Waals surface area contributed by atoms with Gasteiger partial charge in [-0.2, -0.15) is 0 Å². The second-order valence-corrected chi connectivity index (χ2v) is 3.32. The van der Waals surface area contributed by atoms with E-state index in [-0.39, 0.29) is 6.10 Å². The fraction of sp³-hybridized carbons (Fsp3) is 0.300. The summed E-state index contributed by atoms with van der Waals surface area (Å²) in [5.41, 5.74) is 0.866. The summed E-state index contributed by atoms with van der Waals surface area (Å²) in [7, 11) is 0. The van der Waals surface area contributed by atoms with E-state index in [2.05, 4.69) is 5.16 Å². The maximum Gasteiger partial charge on any atom is 0.122 e. The molecule has 0 bridgehead atoms. The summed E-state index contributed by atoms with van der Waals surface area (Å²) in [6.07, 6.45) is 1.71. The molecule has 0 amide bonds. The monoisotopic (exact) mass is 197 g/mol. The van der Waals surface area contributed by atoms with E-state index < -0.39 is 0 Å². The van der Waals surface area contributed by atoms with Crippen molar-refractivity contribution in [3.05, 3.63) is 34.9 Å². The van der Waals surface area contributed by atoms with Crippen LogP contribution in [0, 0.1) is 0 Å². The lowest BCUT2D eigenvalue weighted by molar-refractivity contribution is 0.0874. The van der Waals surface area contributed by atoms with Gasteiger partial charge in [-0.3, -0.25) is 0 Å². The first-order chi connectivity index (χ1) is 6.20. The maximum absolute atomic E-state index is 5.89. The van der Waals surface area contributed by atoms with Crippen LogP contribution in [0.4, 0.5) is 0 Å². The van der Waals surface area contributed by atoms with Crippen LogP contribution in [0.3, 0.4) is 0 Å². The Morgan fingerprint density at radius 2 is 2.08 bits per heavy atom. The van der Waals surface area contributed by atoms with Crippen molar-refractivity contribution in [1.82, 2.24) is 0 Å². The third-order valence-corrected chi connectivity index (χ3v) is 1.71. The molecule has 70 valence electrons. The average Bonchev–Trinajstić information content (AvgIpc) is 2.08. The van der Waals surface area contributed by atoms with Gasteiger partial charge in [0.05, 0.1) is 6.21 Å². The van der Waals surface area contributed by atoms with E-state index in [1.807, 2.05) is 38.1 Å². The van der Waals surface area contributed by atoms with Crippen LogP contribution in [0.5, 0.6) is 0 Å². The van der Waals surface area contributed by atoms with Gasteiger partial charge in [0.2, 0.25) is 0 Å². The number of oxime groups is 1. The molecule has 0 aliphatic carbocycles. The normalized spacial score (nSPS) is 11.1. The van der Waals surface area contributed by atoms with Crippen molar-refractivity contribution in [3.8, 4) is 0 Å². The Balaban J connectivity index is 2.63. The van der Waals surface area contributed by atoms with Gasteiger partial charge < -0.3 is 4.84 Å². The molecule has 0 heterocycles. The molecule has 1 aromatic carbocycles. The van der Waals surface area contributed by atoms with Crippen molar-refractivity contribution in [3.63, 3.8) is 0 Å². The Morgan fingerprint density at radius 1 is 1.38 bits per heavy atom. The van der Waals surface area contributed by atoms with Gasteiger partial charge in [0.25, 0.3) is 0 Å². The average molecular weight is 198 g/mol. The Morgan fingerprint density at radius 3 is 2.69 bits per heavy atom. The molecule has 0 aliphatic rings. The van der Waals surface area contributed by atoms with Gasteiger partial charge in [-0.05, 0) is 19.9 Å². The Bertz CT molecular complexity index is 297. The zero-order valence-electron chi connectivity index (χ0n) is 7.70. The van der Waals surface area contributed by atoms with Crippen LogP contribution in [0.2, 0.25) is 5.02 Å². The number of benzene rings is 1. The Kier molecular flexibility index (Phi) is 3.77. The van der Waals surface area contributed by atoms with Crippen molar-refractivity contribution >= 4 is 17.8 Å². The highest BCUT2D eigenvalue weighted by atomic mass is 35.5. The van der Waals surface area contributed by atoms with Crippen LogP contribution in [-0.4, -0.2) is 12.3 Å². The van der Waals surface area contributed by atoms with Crippen LogP contribution in [-0.2, 0) is 4.84 Å². The van der Waals surface area contributed by atoms with Gasteiger partial charge in [-0.1, -0.05) is 35.0 Å². The molecule has 0 fully saturated rings. The van der Waals surface area contributed by atoms with E-state index in [0.717, 1.165) is 5.56 Å². The van der Waals surface area contributed by atoms with E-state index in [1.54, 1.807) is 6.21 Å². The van der Waals surface area contributed by atoms with Crippen molar-refractivity contribution in [2.45, 2.75) is 20.0 Å². The smallest absolute Gasteiger partial charge is 0.122 e. The van der Waals surface area contributed by atoms with Gasteiger partial charge in [-0.25, -0.2) is 0 Å². The molecule has 0 N–H and O–H groups in total. The molecule has 0 unspecified atom stereocenters. The zero-order valence-corrected chi connectivity index (χ0v) is 8.45. The molecule has 1 rings (SSSR count). The van der Waals surface area contributed by atoms with Crippen molar-refractivity contribution in [2.24, 2.45) is 5.16 Å². The molecule has 3 heteroatoms. The van der Waals surface area contributed by atoms with E-state index in [9.17, 15) is 0 Å². The third-order valence-electron chi connectivity index (χ3n) is 1.37. The fourth-order valence-corrected chi connectivity index (χ4v) is 0.973. The minimum atomic E-state index is 0.0961. The van der Waals surface area contributed by atoms with Gasteiger partial charge >= 0.3 is 0 Å². The highest BCUT2D eigenvalue weighted by molar-refractivity contribution is 6.33. The highest BCUT2D eigenvalue weighted by Crippen LogP contribution is 2.12. The molecular weight excluding hydrogens is 186 g/mol. The first-order valence-electron chi connectivity index (χ1n) is 4.14. The van der Waals surface area contributed by atoms with Crippen molar-refractivity contribution in [2.75, 3.05) is 0 Å². The van der Waals surface area contributed by atoms with Crippen LogP contribution in [0.25, 0.3) is 0 Å². The predicted octanol–water partition coefficient (Wildman–Crippen LogP) is 3.10. The fourth-order valence-electron chi connectivity index (χ4n) is 0.789. The molecular formula is C10H12ClNO. The topological polar surface area (TPSA) is 21.6 Å². The quantitative estimate of drug-likeness (QED) is 0.539. The van der Waals surface area contributed by atoms with Crippen LogP contribution in [0.15, 0.2) is 29.4 Å². The van der Waals surface area contributed by atoms with E-state index in [4.69, 9.17) is 16.4 Å². The second kappa shape index (κ2) is 4.87. The van der Waals surface area contributed by atoms with Crippen molar-refractivity contribution < 1.29 is 4.84 Å². The lowest BCUT2D eigenvalue weighted by Crippen LogP contribution is -1.96. The number of nitrogens with zero attached hydrogens (tertiary/aromatic N) is 1. The number of hydrogen-bond donors (Lipinski definition) is 0. The molecule has 0 saturated carbocycles. The van der Waals surface area contributed by atoms with E-state index >= 15 is 0 Å². The summed E-state index contributed by atoms with van der Waals surface area (Å²) < 4.78 is 0. The summed E-state index contributed by atoms with van der Waals surface area (Å²) in [4.78, 5) is 5.01. The lowest BCUT2D eigenvalue weighted by atomic mass is 10.2. The summed E-state index contributed by atoms with van der Waals surface area (Å²) in [5.74, 6) is 0. The molecule has 0 spiro atoms.